The number of anilines is 4. The highest BCUT2D eigenvalue weighted by Gasteiger charge is 2.39. The Morgan fingerprint density at radius 3 is 2.64 bits per heavy atom. The summed E-state index contributed by atoms with van der Waals surface area (Å²) in [6.45, 7) is 8.65. The van der Waals surface area contributed by atoms with Crippen molar-refractivity contribution in [2.75, 3.05) is 23.0 Å². The fraction of sp³-hybridized carbons (Fsp3) is 0.222. The van der Waals surface area contributed by atoms with Crippen molar-refractivity contribution in [3.8, 4) is 0 Å². The summed E-state index contributed by atoms with van der Waals surface area (Å²) in [6, 6.07) is 12.1. The summed E-state index contributed by atoms with van der Waals surface area (Å²) in [5.41, 5.74) is 12.0. The normalized spacial score (nSPS) is 15.8. The van der Waals surface area contributed by atoms with Crippen LogP contribution in [0.5, 0.6) is 0 Å². The number of rotatable bonds is 2. The van der Waals surface area contributed by atoms with E-state index in [0.717, 1.165) is 22.0 Å². The van der Waals surface area contributed by atoms with Crippen LogP contribution in [0.25, 0.3) is 0 Å². The lowest BCUT2D eigenvalue weighted by molar-refractivity contribution is 0.644. The molecule has 0 amide bonds. The Morgan fingerprint density at radius 1 is 1.23 bits per heavy atom. The van der Waals surface area contributed by atoms with E-state index in [1.807, 2.05) is 18.2 Å². The Hall–Kier alpha value is -2.07. The molecule has 1 aliphatic heterocycles. The maximum atomic E-state index is 5.83. The van der Waals surface area contributed by atoms with E-state index in [4.69, 9.17) is 5.73 Å². The van der Waals surface area contributed by atoms with Crippen molar-refractivity contribution in [2.45, 2.75) is 24.2 Å². The fourth-order valence-corrected chi connectivity index (χ4v) is 3.28. The number of nitrogens with zero attached hydrogens (tertiary/aromatic N) is 1. The highest BCUT2D eigenvalue weighted by molar-refractivity contribution is 7.80. The minimum absolute atomic E-state index is 0.106. The first kappa shape index (κ1) is 14.9. The molecule has 1 aliphatic rings. The molecule has 0 unspecified atom stereocenters. The molecule has 0 fully saturated rings. The molecular weight excluding hydrogens is 290 g/mol. The number of hydrogen-bond donors (Lipinski definition) is 3. The zero-order valence-electron chi connectivity index (χ0n) is 13.1. The van der Waals surface area contributed by atoms with E-state index in [-0.39, 0.29) is 5.41 Å². The monoisotopic (exact) mass is 311 g/mol. The van der Waals surface area contributed by atoms with Gasteiger partial charge in [0, 0.05) is 51.4 Å². The van der Waals surface area contributed by atoms with Gasteiger partial charge in [-0.1, -0.05) is 26.5 Å². The Kier molecular flexibility index (Phi) is 3.37. The molecule has 114 valence electrons. The highest BCUT2D eigenvalue weighted by Crippen LogP contribution is 2.49. The van der Waals surface area contributed by atoms with Crippen molar-refractivity contribution in [1.29, 1.82) is 0 Å². The summed E-state index contributed by atoms with van der Waals surface area (Å²) in [5, 5.41) is 3.50. The zero-order valence-corrected chi connectivity index (χ0v) is 14.0. The van der Waals surface area contributed by atoms with Crippen LogP contribution in [0.1, 0.15) is 19.4 Å². The summed E-state index contributed by atoms with van der Waals surface area (Å²) >= 11 is 4.39. The third-order valence-corrected chi connectivity index (χ3v) is 4.85. The lowest BCUT2D eigenvalue weighted by Crippen LogP contribution is -2.22. The third-order valence-electron chi connectivity index (χ3n) is 4.46. The average Bonchev–Trinajstić information content (AvgIpc) is 2.65. The van der Waals surface area contributed by atoms with Crippen LogP contribution < -0.4 is 16.0 Å². The molecule has 3 rings (SSSR count). The molecule has 0 saturated heterocycles. The fourth-order valence-electron chi connectivity index (χ4n) is 3.07. The lowest BCUT2D eigenvalue weighted by Gasteiger charge is -2.24. The van der Waals surface area contributed by atoms with Gasteiger partial charge in [0.15, 0.2) is 0 Å². The smallest absolute Gasteiger partial charge is 0.0468 e. The van der Waals surface area contributed by atoms with E-state index >= 15 is 0 Å². The topological polar surface area (TPSA) is 41.3 Å². The van der Waals surface area contributed by atoms with E-state index in [1.165, 1.54) is 11.3 Å². The van der Waals surface area contributed by atoms with E-state index in [2.05, 4.69) is 68.5 Å². The predicted octanol–water partition coefficient (Wildman–Crippen LogP) is 4.54. The molecule has 4 heteroatoms. The first-order chi connectivity index (χ1) is 10.3. The summed E-state index contributed by atoms with van der Waals surface area (Å²) in [4.78, 5) is 2.94. The van der Waals surface area contributed by atoms with Crippen molar-refractivity contribution < 1.29 is 0 Å². The van der Waals surface area contributed by atoms with Crippen molar-refractivity contribution in [3.05, 3.63) is 54.2 Å². The minimum Gasteiger partial charge on any atom is -0.398 e. The largest absolute Gasteiger partial charge is 0.398 e. The third kappa shape index (κ3) is 2.15. The number of likely N-dealkylation sites (N-methyl/N-ethyl adjacent to an activating group) is 1. The summed E-state index contributed by atoms with van der Waals surface area (Å²) in [6.07, 6.45) is 0. The Bertz CT molecular complexity index is 765. The van der Waals surface area contributed by atoms with Gasteiger partial charge in [-0.05, 0) is 30.3 Å². The van der Waals surface area contributed by atoms with E-state index in [1.54, 1.807) is 0 Å². The van der Waals surface area contributed by atoms with Crippen molar-refractivity contribution in [1.82, 2.24) is 0 Å². The molecular formula is C18H21N3S. The van der Waals surface area contributed by atoms with Gasteiger partial charge in [0.2, 0.25) is 0 Å². The molecule has 0 atom stereocenters. The maximum absolute atomic E-state index is 5.83. The van der Waals surface area contributed by atoms with E-state index < -0.39 is 0 Å². The van der Waals surface area contributed by atoms with Crippen molar-refractivity contribution in [3.63, 3.8) is 0 Å². The highest BCUT2D eigenvalue weighted by atomic mass is 32.1. The summed E-state index contributed by atoms with van der Waals surface area (Å²) in [5.74, 6) is 0. The molecule has 0 aromatic heterocycles. The molecule has 0 radical (unpaired) electrons. The first-order valence-electron chi connectivity index (χ1n) is 7.24. The van der Waals surface area contributed by atoms with Gasteiger partial charge in [0.1, 0.15) is 0 Å². The number of fused-ring (bicyclic) bond motifs is 1. The van der Waals surface area contributed by atoms with Gasteiger partial charge >= 0.3 is 0 Å². The van der Waals surface area contributed by atoms with E-state index in [9.17, 15) is 0 Å². The number of nitrogen functional groups attached to an aromatic ring is 1. The summed E-state index contributed by atoms with van der Waals surface area (Å²) < 4.78 is 0. The van der Waals surface area contributed by atoms with Gasteiger partial charge in [-0.15, -0.1) is 12.6 Å². The number of allylic oxidation sites excluding steroid dienone is 1. The van der Waals surface area contributed by atoms with Crippen LogP contribution in [0, 0.1) is 0 Å². The standard InChI is InChI=1S/C18H21N3S/c1-11-18(2,3)17-14(6-5-7-15(17)21(11)4)20-12-8-9-13(19)16(22)10-12/h5-10,20,22H,1,19H2,2-4H3. The quantitative estimate of drug-likeness (QED) is 0.563. The maximum Gasteiger partial charge on any atom is 0.0468 e. The van der Waals surface area contributed by atoms with Crippen LogP contribution in [0.15, 0.2) is 53.6 Å². The molecule has 0 bridgehead atoms. The molecule has 0 spiro atoms. The van der Waals surface area contributed by atoms with Gasteiger partial charge < -0.3 is 16.0 Å². The van der Waals surface area contributed by atoms with Gasteiger partial charge in [-0.2, -0.15) is 0 Å². The summed E-state index contributed by atoms with van der Waals surface area (Å²) in [7, 11) is 2.06. The molecule has 1 heterocycles. The molecule has 3 nitrogen and oxygen atoms in total. The molecule has 2 aromatic carbocycles. The van der Waals surface area contributed by atoms with Crippen molar-refractivity contribution in [2.24, 2.45) is 0 Å². The minimum atomic E-state index is -0.106. The van der Waals surface area contributed by atoms with Crippen LogP contribution in [-0.4, -0.2) is 7.05 Å². The predicted molar refractivity (Wildman–Crippen MR) is 98.4 cm³/mol. The average molecular weight is 311 g/mol. The molecule has 0 saturated carbocycles. The Labute approximate surface area is 137 Å². The second-order valence-corrected chi connectivity index (χ2v) is 6.71. The molecule has 22 heavy (non-hydrogen) atoms. The second-order valence-electron chi connectivity index (χ2n) is 6.23. The lowest BCUT2D eigenvalue weighted by atomic mass is 9.83. The van der Waals surface area contributed by atoms with Gasteiger partial charge in [-0.3, -0.25) is 0 Å². The van der Waals surface area contributed by atoms with Gasteiger partial charge in [0.25, 0.3) is 0 Å². The second kappa shape index (κ2) is 4.99. The number of benzene rings is 2. The first-order valence-corrected chi connectivity index (χ1v) is 7.69. The number of nitrogens with one attached hydrogen (secondary N) is 1. The van der Waals surface area contributed by atoms with Gasteiger partial charge in [0.05, 0.1) is 0 Å². The van der Waals surface area contributed by atoms with Crippen LogP contribution in [0.3, 0.4) is 0 Å². The van der Waals surface area contributed by atoms with Crippen LogP contribution in [0.2, 0.25) is 0 Å². The number of nitrogens with two attached hydrogens (primary N) is 1. The van der Waals surface area contributed by atoms with E-state index in [0.29, 0.717) is 5.69 Å². The molecule has 3 N–H and O–H groups in total. The Balaban J connectivity index is 2.07. The number of hydrogen-bond acceptors (Lipinski definition) is 4. The van der Waals surface area contributed by atoms with Crippen molar-refractivity contribution >= 4 is 35.4 Å². The van der Waals surface area contributed by atoms with Crippen LogP contribution >= 0.6 is 12.6 Å². The zero-order chi connectivity index (χ0) is 16.1. The van der Waals surface area contributed by atoms with Gasteiger partial charge in [-0.25, -0.2) is 0 Å². The number of thiol groups is 1. The SMILES string of the molecule is C=C1N(C)c2cccc(Nc3ccc(N)c(S)c3)c2C1(C)C. The molecule has 0 aliphatic carbocycles. The molecule has 2 aromatic rings. The van der Waals surface area contributed by atoms with Crippen LogP contribution in [0.4, 0.5) is 22.7 Å². The van der Waals surface area contributed by atoms with Crippen LogP contribution in [-0.2, 0) is 5.41 Å². The Morgan fingerprint density at radius 2 is 1.95 bits per heavy atom.